The minimum Gasteiger partial charge on any atom is -0.492 e. The highest BCUT2D eigenvalue weighted by atomic mass is 35.5. The summed E-state index contributed by atoms with van der Waals surface area (Å²) in [6.45, 7) is 1.32. The first-order chi connectivity index (χ1) is 12.1. The maximum absolute atomic E-state index is 11.6. The minimum absolute atomic E-state index is 0.477. The second-order valence-corrected chi connectivity index (χ2v) is 7.04. The Kier molecular flexibility index (Phi) is 4.18. The number of benzene rings is 2. The standard InChI is InChI=1S/C20H22ClN2O2/c1-25-18-7-3-2-6-17(18)22-14-20(24,15-9-11-16(21)12-10-15)23-13-5-4-8-19(22)23/h2-3,6-7,9-12,24H,4-5,8,13-14H2,1H3/q+1. The van der Waals surface area contributed by atoms with Crippen LogP contribution in [-0.2, 0) is 5.72 Å². The second kappa shape index (κ2) is 6.36. The first-order valence-corrected chi connectivity index (χ1v) is 9.04. The fraction of sp³-hybridized carbons (Fsp3) is 0.350. The van der Waals surface area contributed by atoms with E-state index in [1.54, 1.807) is 7.11 Å². The van der Waals surface area contributed by atoms with Gasteiger partial charge in [-0.25, -0.2) is 9.48 Å². The van der Waals surface area contributed by atoms with E-state index in [9.17, 15) is 5.11 Å². The van der Waals surface area contributed by atoms with Gasteiger partial charge in [-0.1, -0.05) is 35.9 Å². The molecule has 2 aromatic carbocycles. The molecular formula is C20H22ClN2O2+. The van der Waals surface area contributed by atoms with Crippen LogP contribution in [0.15, 0.2) is 48.5 Å². The van der Waals surface area contributed by atoms with Crippen molar-refractivity contribution in [1.82, 2.24) is 0 Å². The lowest BCUT2D eigenvalue weighted by Crippen LogP contribution is -2.41. The third-order valence-corrected chi connectivity index (χ3v) is 5.41. The molecule has 5 heteroatoms. The van der Waals surface area contributed by atoms with Crippen molar-refractivity contribution in [3.63, 3.8) is 0 Å². The lowest BCUT2D eigenvalue weighted by atomic mass is 10.0. The molecule has 0 saturated carbocycles. The van der Waals surface area contributed by atoms with Gasteiger partial charge in [0, 0.05) is 17.0 Å². The van der Waals surface area contributed by atoms with Crippen molar-refractivity contribution in [3.8, 4) is 5.75 Å². The number of hydrogen-bond acceptors (Lipinski definition) is 3. The summed E-state index contributed by atoms with van der Waals surface area (Å²) in [5, 5.41) is 12.3. The van der Waals surface area contributed by atoms with E-state index >= 15 is 0 Å². The summed E-state index contributed by atoms with van der Waals surface area (Å²) >= 11 is 6.04. The molecule has 2 heterocycles. The van der Waals surface area contributed by atoms with E-state index < -0.39 is 5.72 Å². The molecule has 0 bridgehead atoms. The van der Waals surface area contributed by atoms with Gasteiger partial charge in [-0.15, -0.1) is 0 Å². The topological polar surface area (TPSA) is 35.7 Å². The molecule has 0 aromatic heterocycles. The van der Waals surface area contributed by atoms with E-state index in [1.165, 1.54) is 0 Å². The van der Waals surface area contributed by atoms with Gasteiger partial charge in [0.15, 0.2) is 18.0 Å². The number of hydrogen-bond donors (Lipinski definition) is 1. The lowest BCUT2D eigenvalue weighted by molar-refractivity contribution is -0.661. The number of methoxy groups -OCH3 is 1. The van der Waals surface area contributed by atoms with Gasteiger partial charge in [0.05, 0.1) is 13.7 Å². The summed E-state index contributed by atoms with van der Waals surface area (Å²) in [5.41, 5.74) is 0.812. The molecule has 130 valence electrons. The summed E-state index contributed by atoms with van der Waals surface area (Å²) in [5.74, 6) is 1.98. The molecule has 4 nitrogen and oxygen atoms in total. The predicted molar refractivity (Wildman–Crippen MR) is 99.7 cm³/mol. The average Bonchev–Trinajstić information content (AvgIpc) is 2.96. The fourth-order valence-electron chi connectivity index (χ4n) is 3.93. The molecular weight excluding hydrogens is 336 g/mol. The molecule has 4 rings (SSSR count). The van der Waals surface area contributed by atoms with Crippen LogP contribution in [0.1, 0.15) is 24.8 Å². The maximum atomic E-state index is 11.6. The molecule has 25 heavy (non-hydrogen) atoms. The van der Waals surface area contributed by atoms with Crippen LogP contribution in [0, 0.1) is 0 Å². The highest BCUT2D eigenvalue weighted by molar-refractivity contribution is 6.30. The largest absolute Gasteiger partial charge is 0.492 e. The van der Waals surface area contributed by atoms with Crippen molar-refractivity contribution in [2.24, 2.45) is 0 Å². The van der Waals surface area contributed by atoms with Gasteiger partial charge in [-0.2, -0.15) is 0 Å². The molecule has 0 saturated heterocycles. The summed E-state index contributed by atoms with van der Waals surface area (Å²) in [6.07, 6.45) is 3.17. The van der Waals surface area contributed by atoms with Gasteiger partial charge in [0.1, 0.15) is 0 Å². The van der Waals surface area contributed by atoms with E-state index in [0.29, 0.717) is 11.6 Å². The number of anilines is 1. The number of nitrogens with zero attached hydrogens (tertiary/aromatic N) is 2. The van der Waals surface area contributed by atoms with Gasteiger partial charge in [0.25, 0.3) is 11.6 Å². The molecule has 0 aliphatic carbocycles. The number of ether oxygens (including phenoxy) is 1. The van der Waals surface area contributed by atoms with Crippen LogP contribution in [0.25, 0.3) is 0 Å². The number of aliphatic hydroxyl groups is 1. The Labute approximate surface area is 152 Å². The van der Waals surface area contributed by atoms with Crippen molar-refractivity contribution in [2.45, 2.75) is 25.0 Å². The molecule has 0 spiro atoms. The Bertz CT molecular complexity index is 819. The van der Waals surface area contributed by atoms with Crippen LogP contribution in [0.4, 0.5) is 5.69 Å². The van der Waals surface area contributed by atoms with Gasteiger partial charge in [-0.3, -0.25) is 0 Å². The molecule has 1 atom stereocenters. The summed E-state index contributed by atoms with van der Waals surface area (Å²) < 4.78 is 7.70. The van der Waals surface area contributed by atoms with Crippen LogP contribution in [0.5, 0.6) is 5.75 Å². The number of para-hydroxylation sites is 2. The molecule has 1 unspecified atom stereocenters. The Morgan fingerprint density at radius 3 is 2.64 bits per heavy atom. The highest BCUT2D eigenvalue weighted by Crippen LogP contribution is 2.39. The number of amidine groups is 1. The minimum atomic E-state index is -1.05. The smallest absolute Gasteiger partial charge is 0.271 e. The SMILES string of the molecule is COc1ccccc1N1CC(O)(c2ccc(Cl)cc2)[N+]2=C1CCCC2. The van der Waals surface area contributed by atoms with E-state index in [1.807, 2.05) is 48.5 Å². The van der Waals surface area contributed by atoms with Crippen molar-refractivity contribution in [2.75, 3.05) is 25.1 Å². The van der Waals surface area contributed by atoms with Crippen molar-refractivity contribution < 1.29 is 14.4 Å². The Balaban J connectivity index is 1.82. The van der Waals surface area contributed by atoms with Gasteiger partial charge in [-0.05, 0) is 37.1 Å². The molecule has 1 N–H and O–H groups in total. The summed E-state index contributed by atoms with van der Waals surface area (Å²) in [4.78, 5) is 2.20. The van der Waals surface area contributed by atoms with Gasteiger partial charge >= 0.3 is 0 Å². The average molecular weight is 358 g/mol. The van der Waals surface area contributed by atoms with E-state index in [2.05, 4.69) is 9.48 Å². The zero-order chi connectivity index (χ0) is 17.4. The predicted octanol–water partition coefficient (Wildman–Crippen LogP) is 3.61. The van der Waals surface area contributed by atoms with Gasteiger partial charge < -0.3 is 9.84 Å². The first-order valence-electron chi connectivity index (χ1n) is 8.66. The zero-order valence-electron chi connectivity index (χ0n) is 14.3. The quantitative estimate of drug-likeness (QED) is 0.852. The second-order valence-electron chi connectivity index (χ2n) is 6.61. The van der Waals surface area contributed by atoms with Crippen LogP contribution in [-0.4, -0.2) is 35.7 Å². The van der Waals surface area contributed by atoms with Crippen molar-refractivity contribution in [3.05, 3.63) is 59.1 Å². The molecule has 0 amide bonds. The van der Waals surface area contributed by atoms with Crippen LogP contribution in [0.3, 0.4) is 0 Å². The molecule has 2 aliphatic heterocycles. The van der Waals surface area contributed by atoms with E-state index in [0.717, 1.165) is 48.6 Å². The fourth-order valence-corrected chi connectivity index (χ4v) is 4.06. The first kappa shape index (κ1) is 16.4. The highest BCUT2D eigenvalue weighted by Gasteiger charge is 2.52. The normalized spacial score (nSPS) is 22.9. The Morgan fingerprint density at radius 1 is 1.12 bits per heavy atom. The maximum Gasteiger partial charge on any atom is 0.271 e. The third-order valence-electron chi connectivity index (χ3n) is 5.16. The molecule has 0 radical (unpaired) electrons. The van der Waals surface area contributed by atoms with Crippen LogP contribution >= 0.6 is 11.6 Å². The van der Waals surface area contributed by atoms with E-state index in [-0.39, 0.29) is 0 Å². The molecule has 2 aromatic rings. The van der Waals surface area contributed by atoms with Crippen molar-refractivity contribution >= 4 is 23.1 Å². The lowest BCUT2D eigenvalue weighted by Gasteiger charge is -2.24. The third kappa shape index (κ3) is 2.70. The van der Waals surface area contributed by atoms with Crippen LogP contribution < -0.4 is 9.64 Å². The van der Waals surface area contributed by atoms with Gasteiger partial charge in [0.2, 0.25) is 0 Å². The number of β-amino-alcohol motifs (C(OH)–C–C–N with tert-alkyl or cyclic N) is 1. The zero-order valence-corrected chi connectivity index (χ0v) is 15.0. The number of halogens is 1. The molecule has 0 fully saturated rings. The monoisotopic (exact) mass is 357 g/mol. The molecule has 2 aliphatic rings. The van der Waals surface area contributed by atoms with Crippen molar-refractivity contribution in [1.29, 1.82) is 0 Å². The Hall–Kier alpha value is -2.04. The van der Waals surface area contributed by atoms with Crippen LogP contribution in [0.2, 0.25) is 5.02 Å². The Morgan fingerprint density at radius 2 is 1.88 bits per heavy atom. The summed E-state index contributed by atoms with van der Waals surface area (Å²) in [6, 6.07) is 15.5. The van der Waals surface area contributed by atoms with E-state index in [4.69, 9.17) is 16.3 Å². The summed E-state index contributed by atoms with van der Waals surface area (Å²) in [7, 11) is 1.68. The number of rotatable bonds is 3.